The summed E-state index contributed by atoms with van der Waals surface area (Å²) in [6, 6.07) is 21.5. The number of rotatable bonds is 11. The van der Waals surface area contributed by atoms with Gasteiger partial charge in [-0.3, -0.25) is 14.0 Å². The van der Waals surface area contributed by atoms with Gasteiger partial charge in [0.25, 0.3) is 10.0 Å². The lowest BCUT2D eigenvalue weighted by Gasteiger charge is -2.27. The Bertz CT molecular complexity index is 1320. The molecule has 202 valence electrons. The maximum absolute atomic E-state index is 13.7. The molecule has 9 heteroatoms. The van der Waals surface area contributed by atoms with Crippen LogP contribution in [-0.2, 0) is 32.6 Å². The molecule has 3 aromatic rings. The van der Waals surface area contributed by atoms with Gasteiger partial charge in [-0.05, 0) is 49.2 Å². The number of carbonyl (C=O) groups is 1. The quantitative estimate of drug-likeness (QED) is 0.401. The average molecular weight is 538 g/mol. The van der Waals surface area contributed by atoms with Crippen LogP contribution in [-0.4, -0.2) is 58.7 Å². The second kappa shape index (κ2) is 12.9. The summed E-state index contributed by atoms with van der Waals surface area (Å²) >= 11 is 0. The van der Waals surface area contributed by atoms with Crippen molar-refractivity contribution in [3.63, 3.8) is 0 Å². The zero-order chi connectivity index (χ0) is 27.0. The highest BCUT2D eigenvalue weighted by atomic mass is 32.2. The normalized spacial score (nSPS) is 14.2. The van der Waals surface area contributed by atoms with E-state index < -0.39 is 15.9 Å². The van der Waals surface area contributed by atoms with Crippen LogP contribution in [0.2, 0.25) is 0 Å². The van der Waals surface area contributed by atoms with Crippen molar-refractivity contribution >= 4 is 21.6 Å². The lowest BCUT2D eigenvalue weighted by atomic mass is 10.1. The van der Waals surface area contributed by atoms with Crippen LogP contribution in [0.1, 0.15) is 23.6 Å². The van der Waals surface area contributed by atoms with E-state index in [1.165, 1.54) is 0 Å². The SMILES string of the molecule is CCOc1ccccc1N(CC(=O)NCc1cccc(CN2CCOCC2)c1)S(=O)(=O)c1ccc(C)cc1. The predicted octanol–water partition coefficient (Wildman–Crippen LogP) is 3.74. The lowest BCUT2D eigenvalue weighted by Crippen LogP contribution is -2.41. The lowest BCUT2D eigenvalue weighted by molar-refractivity contribution is -0.119. The van der Waals surface area contributed by atoms with Crippen LogP contribution in [0.25, 0.3) is 0 Å². The highest BCUT2D eigenvalue weighted by Crippen LogP contribution is 2.32. The van der Waals surface area contributed by atoms with Crippen LogP contribution in [0.15, 0.2) is 77.7 Å². The predicted molar refractivity (Wildman–Crippen MR) is 148 cm³/mol. The number of carbonyl (C=O) groups excluding carboxylic acids is 1. The van der Waals surface area contributed by atoms with E-state index in [-0.39, 0.29) is 11.4 Å². The van der Waals surface area contributed by atoms with Crippen LogP contribution in [0.4, 0.5) is 5.69 Å². The van der Waals surface area contributed by atoms with Crippen molar-refractivity contribution in [2.45, 2.75) is 31.8 Å². The van der Waals surface area contributed by atoms with Gasteiger partial charge in [-0.2, -0.15) is 0 Å². The minimum absolute atomic E-state index is 0.109. The smallest absolute Gasteiger partial charge is 0.264 e. The number of morpholine rings is 1. The molecule has 0 spiro atoms. The molecule has 1 aliphatic heterocycles. The molecule has 4 rings (SSSR count). The number of hydrogen-bond donors (Lipinski definition) is 1. The van der Waals surface area contributed by atoms with Gasteiger partial charge < -0.3 is 14.8 Å². The molecule has 1 aliphatic rings. The van der Waals surface area contributed by atoms with Crippen molar-refractivity contribution in [3.05, 3.63) is 89.5 Å². The molecule has 0 aliphatic carbocycles. The number of sulfonamides is 1. The monoisotopic (exact) mass is 537 g/mol. The van der Waals surface area contributed by atoms with Gasteiger partial charge in [-0.1, -0.05) is 54.1 Å². The molecule has 1 amide bonds. The Hall–Kier alpha value is -3.40. The number of anilines is 1. The minimum atomic E-state index is -4.04. The van der Waals surface area contributed by atoms with Crippen LogP contribution in [0.3, 0.4) is 0 Å². The summed E-state index contributed by atoms with van der Waals surface area (Å²) in [5.41, 5.74) is 3.37. The summed E-state index contributed by atoms with van der Waals surface area (Å²) < 4.78 is 39.7. The molecule has 8 nitrogen and oxygen atoms in total. The second-order valence-electron chi connectivity index (χ2n) is 9.21. The van der Waals surface area contributed by atoms with E-state index in [1.54, 1.807) is 48.5 Å². The standard InChI is InChI=1S/C29H35N3O5S/c1-3-37-28-10-5-4-9-27(28)32(38(34,35)26-13-11-23(2)12-14-26)22-29(33)30-20-24-7-6-8-25(19-24)21-31-15-17-36-18-16-31/h4-14,19H,3,15-18,20-22H2,1-2H3,(H,30,33). The number of ether oxygens (including phenoxy) is 2. The van der Waals surface area contributed by atoms with Crippen molar-refractivity contribution in [2.24, 2.45) is 0 Å². The highest BCUT2D eigenvalue weighted by Gasteiger charge is 2.29. The number of hydrogen-bond acceptors (Lipinski definition) is 6. The van der Waals surface area contributed by atoms with Gasteiger partial charge in [0.1, 0.15) is 12.3 Å². The molecule has 0 atom stereocenters. The summed E-state index contributed by atoms with van der Waals surface area (Å²) in [7, 11) is -4.04. The Balaban J connectivity index is 1.51. The van der Waals surface area contributed by atoms with Crippen molar-refractivity contribution in [3.8, 4) is 5.75 Å². The van der Waals surface area contributed by atoms with Crippen molar-refractivity contribution in [1.29, 1.82) is 0 Å². The fourth-order valence-corrected chi connectivity index (χ4v) is 5.75. The molecule has 3 aromatic carbocycles. The molecule has 0 aromatic heterocycles. The minimum Gasteiger partial charge on any atom is -0.492 e. The van der Waals surface area contributed by atoms with Crippen molar-refractivity contribution < 1.29 is 22.7 Å². The molecular weight excluding hydrogens is 502 g/mol. The maximum Gasteiger partial charge on any atom is 0.264 e. The van der Waals surface area contributed by atoms with Gasteiger partial charge >= 0.3 is 0 Å². The summed E-state index contributed by atoms with van der Waals surface area (Å²) in [5.74, 6) is -0.0140. The summed E-state index contributed by atoms with van der Waals surface area (Å²) in [6.07, 6.45) is 0. The van der Waals surface area contributed by atoms with Crippen LogP contribution >= 0.6 is 0 Å². The third kappa shape index (κ3) is 7.12. The molecular formula is C29H35N3O5S. The van der Waals surface area contributed by atoms with E-state index in [0.29, 0.717) is 24.6 Å². The molecule has 0 bridgehead atoms. The molecule has 1 saturated heterocycles. The van der Waals surface area contributed by atoms with Crippen molar-refractivity contribution in [1.82, 2.24) is 10.2 Å². The molecule has 0 saturated carbocycles. The Labute approximate surface area is 225 Å². The Morgan fingerprint density at radius 3 is 2.45 bits per heavy atom. The molecule has 1 N–H and O–H groups in total. The van der Waals surface area contributed by atoms with Gasteiger partial charge in [0, 0.05) is 26.2 Å². The topological polar surface area (TPSA) is 88.2 Å². The van der Waals surface area contributed by atoms with E-state index in [4.69, 9.17) is 9.47 Å². The third-order valence-corrected chi connectivity index (χ3v) is 8.09. The van der Waals surface area contributed by atoms with Crippen LogP contribution in [0, 0.1) is 6.92 Å². The van der Waals surface area contributed by atoms with E-state index in [2.05, 4.69) is 22.3 Å². The fourth-order valence-electron chi connectivity index (χ4n) is 4.32. The Kier molecular flexibility index (Phi) is 9.38. The van der Waals surface area contributed by atoms with Gasteiger partial charge in [0.05, 0.1) is 30.4 Å². The second-order valence-corrected chi connectivity index (χ2v) is 11.1. The van der Waals surface area contributed by atoms with Crippen LogP contribution < -0.4 is 14.4 Å². The summed E-state index contributed by atoms with van der Waals surface area (Å²) in [4.78, 5) is 15.6. The van der Waals surface area contributed by atoms with E-state index in [0.717, 1.165) is 53.8 Å². The van der Waals surface area contributed by atoms with E-state index in [1.807, 2.05) is 26.0 Å². The van der Waals surface area contributed by atoms with Crippen LogP contribution in [0.5, 0.6) is 5.75 Å². The molecule has 38 heavy (non-hydrogen) atoms. The zero-order valence-electron chi connectivity index (χ0n) is 21.9. The van der Waals surface area contributed by atoms with Crippen molar-refractivity contribution in [2.75, 3.05) is 43.8 Å². The maximum atomic E-state index is 13.7. The van der Waals surface area contributed by atoms with Gasteiger partial charge in [0.2, 0.25) is 5.91 Å². The largest absolute Gasteiger partial charge is 0.492 e. The first-order chi connectivity index (χ1) is 18.4. The number of amides is 1. The third-order valence-electron chi connectivity index (χ3n) is 6.32. The number of nitrogens with one attached hydrogen (secondary N) is 1. The molecule has 0 unspecified atom stereocenters. The zero-order valence-corrected chi connectivity index (χ0v) is 22.7. The summed E-state index contributed by atoms with van der Waals surface area (Å²) in [6.45, 7) is 8.09. The molecule has 1 fully saturated rings. The van der Waals surface area contributed by atoms with Gasteiger partial charge in [0.15, 0.2) is 0 Å². The number of benzene rings is 3. The van der Waals surface area contributed by atoms with Gasteiger partial charge in [-0.15, -0.1) is 0 Å². The molecule has 1 heterocycles. The number of para-hydroxylation sites is 2. The molecule has 0 radical (unpaired) electrons. The van der Waals surface area contributed by atoms with E-state index >= 15 is 0 Å². The Morgan fingerprint density at radius 1 is 1.00 bits per heavy atom. The Morgan fingerprint density at radius 2 is 1.71 bits per heavy atom. The average Bonchev–Trinajstić information content (AvgIpc) is 2.92. The first kappa shape index (κ1) is 27.6. The number of aryl methyl sites for hydroxylation is 1. The van der Waals surface area contributed by atoms with E-state index in [9.17, 15) is 13.2 Å². The number of nitrogens with zero attached hydrogens (tertiary/aromatic N) is 2. The summed E-state index contributed by atoms with van der Waals surface area (Å²) in [5, 5.41) is 2.89. The first-order valence-electron chi connectivity index (χ1n) is 12.8. The van der Waals surface area contributed by atoms with Gasteiger partial charge in [-0.25, -0.2) is 8.42 Å². The highest BCUT2D eigenvalue weighted by molar-refractivity contribution is 7.92. The first-order valence-corrected chi connectivity index (χ1v) is 14.3. The fraction of sp³-hybridized carbons (Fsp3) is 0.345.